The number of amides is 1. The van der Waals surface area contributed by atoms with Gasteiger partial charge in [0, 0.05) is 23.8 Å². The normalized spacial score (nSPS) is 20.6. The van der Waals surface area contributed by atoms with Crippen molar-refractivity contribution in [2.24, 2.45) is 5.41 Å². The number of nitrogens with one attached hydrogen (secondary N) is 2. The van der Waals surface area contributed by atoms with Crippen LogP contribution in [0.5, 0.6) is 0 Å². The first-order valence-corrected chi connectivity index (χ1v) is 7.68. The molecule has 3 heteroatoms. The second kappa shape index (κ2) is 6.29. The van der Waals surface area contributed by atoms with Crippen molar-refractivity contribution in [2.45, 2.75) is 52.5 Å². The van der Waals surface area contributed by atoms with Crippen LogP contribution in [0.4, 0.5) is 5.69 Å². The van der Waals surface area contributed by atoms with E-state index in [4.69, 9.17) is 0 Å². The number of carbonyl (C=O) groups excluding carboxylic acids is 1. The molecule has 20 heavy (non-hydrogen) atoms. The molecule has 1 aromatic rings. The van der Waals surface area contributed by atoms with Gasteiger partial charge in [-0.15, -0.1) is 0 Å². The summed E-state index contributed by atoms with van der Waals surface area (Å²) < 4.78 is 0. The van der Waals surface area contributed by atoms with Gasteiger partial charge in [0.05, 0.1) is 0 Å². The summed E-state index contributed by atoms with van der Waals surface area (Å²) >= 11 is 0. The van der Waals surface area contributed by atoms with E-state index in [2.05, 4.69) is 31.4 Å². The van der Waals surface area contributed by atoms with Gasteiger partial charge in [-0.25, -0.2) is 0 Å². The third kappa shape index (κ3) is 3.53. The molecule has 0 aliphatic heterocycles. The van der Waals surface area contributed by atoms with Crippen LogP contribution in [0.25, 0.3) is 0 Å². The average Bonchev–Trinajstić information content (AvgIpc) is 2.76. The third-order valence-corrected chi connectivity index (χ3v) is 4.29. The van der Waals surface area contributed by atoms with Crippen molar-refractivity contribution in [1.29, 1.82) is 0 Å². The Morgan fingerprint density at radius 1 is 1.30 bits per heavy atom. The zero-order chi connectivity index (χ0) is 14.6. The maximum Gasteiger partial charge on any atom is 0.251 e. The molecule has 110 valence electrons. The van der Waals surface area contributed by atoms with E-state index in [0.717, 1.165) is 30.6 Å². The van der Waals surface area contributed by atoms with Gasteiger partial charge in [-0.1, -0.05) is 27.2 Å². The van der Waals surface area contributed by atoms with Crippen molar-refractivity contribution in [3.63, 3.8) is 0 Å². The highest BCUT2D eigenvalue weighted by atomic mass is 16.1. The minimum atomic E-state index is 0.0482. The Bertz CT molecular complexity index is 451. The minimum Gasteiger partial charge on any atom is -0.385 e. The molecule has 0 saturated heterocycles. The molecule has 0 spiro atoms. The second-order valence-electron chi connectivity index (χ2n) is 6.41. The summed E-state index contributed by atoms with van der Waals surface area (Å²) in [5, 5.41) is 6.50. The summed E-state index contributed by atoms with van der Waals surface area (Å²) in [6.45, 7) is 7.57. The number of hydrogen-bond acceptors (Lipinski definition) is 2. The molecule has 1 aliphatic carbocycles. The predicted octanol–water partition coefficient (Wildman–Crippen LogP) is 3.82. The maximum atomic E-state index is 12.3. The first-order chi connectivity index (χ1) is 9.53. The highest BCUT2D eigenvalue weighted by Crippen LogP contribution is 2.37. The number of carbonyl (C=O) groups is 1. The zero-order valence-electron chi connectivity index (χ0n) is 12.8. The van der Waals surface area contributed by atoms with Gasteiger partial charge in [0.15, 0.2) is 0 Å². The Kier molecular flexibility index (Phi) is 4.69. The third-order valence-electron chi connectivity index (χ3n) is 4.29. The summed E-state index contributed by atoms with van der Waals surface area (Å²) in [7, 11) is 0. The first kappa shape index (κ1) is 14.9. The van der Waals surface area contributed by atoms with Crippen molar-refractivity contribution < 1.29 is 4.79 Å². The van der Waals surface area contributed by atoms with E-state index in [9.17, 15) is 4.79 Å². The van der Waals surface area contributed by atoms with Gasteiger partial charge in [-0.2, -0.15) is 0 Å². The molecule has 3 nitrogen and oxygen atoms in total. The fourth-order valence-corrected chi connectivity index (χ4v) is 2.84. The lowest BCUT2D eigenvalue weighted by molar-refractivity contribution is 0.0910. The van der Waals surface area contributed by atoms with Gasteiger partial charge >= 0.3 is 0 Å². The Labute approximate surface area is 122 Å². The molecule has 0 heterocycles. The lowest BCUT2D eigenvalue weighted by Gasteiger charge is -2.27. The van der Waals surface area contributed by atoms with E-state index in [1.165, 1.54) is 12.8 Å². The fraction of sp³-hybridized carbons (Fsp3) is 0.588. The molecule has 0 bridgehead atoms. The molecule has 1 amide bonds. The van der Waals surface area contributed by atoms with E-state index in [-0.39, 0.29) is 11.3 Å². The summed E-state index contributed by atoms with van der Waals surface area (Å²) in [6, 6.07) is 8.05. The van der Waals surface area contributed by atoms with Gasteiger partial charge in [-0.3, -0.25) is 4.79 Å². The van der Waals surface area contributed by atoms with Crippen LogP contribution in [-0.2, 0) is 0 Å². The molecule has 1 fully saturated rings. The maximum absolute atomic E-state index is 12.3. The average molecular weight is 274 g/mol. The molecule has 2 rings (SSSR count). The summed E-state index contributed by atoms with van der Waals surface area (Å²) in [5.41, 5.74) is 2.04. The minimum absolute atomic E-state index is 0.0482. The molecule has 2 N–H and O–H groups in total. The van der Waals surface area contributed by atoms with Crippen molar-refractivity contribution in [3.05, 3.63) is 29.8 Å². The Balaban J connectivity index is 1.95. The van der Waals surface area contributed by atoms with Crippen LogP contribution >= 0.6 is 0 Å². The smallest absolute Gasteiger partial charge is 0.251 e. The standard InChI is InChI=1S/C17H26N2O/c1-4-12-18-14-9-7-13(8-10-14)16(20)19-15-6-5-11-17(15,2)3/h7-10,15,18H,4-6,11-12H2,1-3H3,(H,19,20). The van der Waals surface area contributed by atoms with Crippen LogP contribution in [0.3, 0.4) is 0 Å². The van der Waals surface area contributed by atoms with Crippen molar-refractivity contribution in [1.82, 2.24) is 5.32 Å². The summed E-state index contributed by atoms with van der Waals surface area (Å²) in [5.74, 6) is 0.0482. The largest absolute Gasteiger partial charge is 0.385 e. The number of hydrogen-bond donors (Lipinski definition) is 2. The van der Waals surface area contributed by atoms with Gasteiger partial charge in [-0.05, 0) is 48.9 Å². The van der Waals surface area contributed by atoms with Crippen LogP contribution in [0.1, 0.15) is 56.8 Å². The lowest BCUT2D eigenvalue weighted by atomic mass is 9.87. The number of anilines is 1. The van der Waals surface area contributed by atoms with Gasteiger partial charge in [0.25, 0.3) is 5.91 Å². The Morgan fingerprint density at radius 3 is 2.55 bits per heavy atom. The SMILES string of the molecule is CCCNc1ccc(C(=O)NC2CCCC2(C)C)cc1. The highest BCUT2D eigenvalue weighted by Gasteiger charge is 2.35. The van der Waals surface area contributed by atoms with E-state index in [1.54, 1.807) is 0 Å². The zero-order valence-corrected chi connectivity index (χ0v) is 12.8. The molecular formula is C17H26N2O. The highest BCUT2D eigenvalue weighted by molar-refractivity contribution is 5.94. The van der Waals surface area contributed by atoms with E-state index in [0.29, 0.717) is 6.04 Å². The summed E-state index contributed by atoms with van der Waals surface area (Å²) in [4.78, 5) is 12.3. The molecule has 1 atom stereocenters. The molecule has 1 aromatic carbocycles. The van der Waals surface area contributed by atoms with Crippen LogP contribution in [0.2, 0.25) is 0 Å². The molecule has 1 saturated carbocycles. The molecule has 0 aromatic heterocycles. The van der Waals surface area contributed by atoms with E-state index < -0.39 is 0 Å². The van der Waals surface area contributed by atoms with Crippen LogP contribution in [0, 0.1) is 5.41 Å². The Morgan fingerprint density at radius 2 is 2.00 bits per heavy atom. The monoisotopic (exact) mass is 274 g/mol. The summed E-state index contributed by atoms with van der Waals surface area (Å²) in [6.07, 6.45) is 4.59. The number of benzene rings is 1. The van der Waals surface area contributed by atoms with Crippen LogP contribution < -0.4 is 10.6 Å². The predicted molar refractivity (Wildman–Crippen MR) is 84.1 cm³/mol. The van der Waals surface area contributed by atoms with Crippen molar-refractivity contribution >= 4 is 11.6 Å². The molecule has 1 unspecified atom stereocenters. The lowest BCUT2D eigenvalue weighted by Crippen LogP contribution is -2.41. The number of rotatable bonds is 5. The second-order valence-corrected chi connectivity index (χ2v) is 6.41. The van der Waals surface area contributed by atoms with E-state index in [1.807, 2.05) is 24.3 Å². The fourth-order valence-electron chi connectivity index (χ4n) is 2.84. The van der Waals surface area contributed by atoms with Gasteiger partial charge < -0.3 is 10.6 Å². The Hall–Kier alpha value is -1.51. The quantitative estimate of drug-likeness (QED) is 0.857. The van der Waals surface area contributed by atoms with Gasteiger partial charge in [0.2, 0.25) is 0 Å². The van der Waals surface area contributed by atoms with Crippen molar-refractivity contribution in [3.8, 4) is 0 Å². The molecule has 0 radical (unpaired) electrons. The van der Waals surface area contributed by atoms with E-state index >= 15 is 0 Å². The van der Waals surface area contributed by atoms with Crippen molar-refractivity contribution in [2.75, 3.05) is 11.9 Å². The topological polar surface area (TPSA) is 41.1 Å². The molecular weight excluding hydrogens is 248 g/mol. The first-order valence-electron chi connectivity index (χ1n) is 7.68. The molecule has 1 aliphatic rings. The van der Waals surface area contributed by atoms with Crippen LogP contribution in [-0.4, -0.2) is 18.5 Å². The van der Waals surface area contributed by atoms with Gasteiger partial charge in [0.1, 0.15) is 0 Å². The van der Waals surface area contributed by atoms with Crippen LogP contribution in [0.15, 0.2) is 24.3 Å².